The fraction of sp³-hybridized carbons (Fsp3) is 0.579. The molecule has 0 bridgehead atoms. The number of hydrogen-bond donors (Lipinski definition) is 2. The molecule has 0 aromatic heterocycles. The van der Waals surface area contributed by atoms with Crippen LogP contribution in [0.5, 0.6) is 5.75 Å². The predicted molar refractivity (Wildman–Crippen MR) is 95.0 cm³/mol. The number of carbonyl (C=O) groups is 2. The fourth-order valence-electron chi connectivity index (χ4n) is 2.62. The highest BCUT2D eigenvalue weighted by Crippen LogP contribution is 2.39. The van der Waals surface area contributed by atoms with Gasteiger partial charge in [0.15, 0.2) is 0 Å². The van der Waals surface area contributed by atoms with E-state index in [2.05, 4.69) is 17.6 Å². The lowest BCUT2D eigenvalue weighted by Gasteiger charge is -2.10. The van der Waals surface area contributed by atoms with Gasteiger partial charge in [0, 0.05) is 12.2 Å². The van der Waals surface area contributed by atoms with Crippen LogP contribution in [-0.4, -0.2) is 24.5 Å². The maximum absolute atomic E-state index is 12.2. The average molecular weight is 332 g/mol. The molecule has 0 aliphatic heterocycles. The van der Waals surface area contributed by atoms with Crippen molar-refractivity contribution in [2.45, 2.75) is 52.6 Å². The largest absolute Gasteiger partial charge is 0.491 e. The number of rotatable bonds is 9. The van der Waals surface area contributed by atoms with Crippen LogP contribution >= 0.6 is 0 Å². The molecule has 1 aliphatic carbocycles. The van der Waals surface area contributed by atoms with Crippen molar-refractivity contribution in [2.75, 3.05) is 11.9 Å². The Morgan fingerprint density at radius 2 is 1.79 bits per heavy atom. The Hall–Kier alpha value is -2.04. The van der Waals surface area contributed by atoms with Gasteiger partial charge in [-0.05, 0) is 51.0 Å². The van der Waals surface area contributed by atoms with Crippen molar-refractivity contribution in [3.05, 3.63) is 24.3 Å². The summed E-state index contributed by atoms with van der Waals surface area (Å²) in [5, 5.41) is 5.79. The van der Waals surface area contributed by atoms with Crippen molar-refractivity contribution >= 4 is 17.5 Å². The van der Waals surface area contributed by atoms with E-state index in [9.17, 15) is 9.59 Å². The Balaban J connectivity index is 1.74. The van der Waals surface area contributed by atoms with Crippen LogP contribution < -0.4 is 15.4 Å². The zero-order valence-corrected chi connectivity index (χ0v) is 14.8. The van der Waals surface area contributed by atoms with Gasteiger partial charge in [0.2, 0.25) is 11.8 Å². The summed E-state index contributed by atoms with van der Waals surface area (Å²) in [6.45, 7) is 6.77. The zero-order chi connectivity index (χ0) is 17.5. The standard InChI is InChI=1S/C19H28N2O3/c1-4-5-6-11-20-18(22)16-12-17(16)19(23)21-14-7-9-15(10-8-14)24-13(2)3/h7-10,13,16-17H,4-6,11-12H2,1-3H3,(H,20,22)(H,21,23). The van der Waals surface area contributed by atoms with Crippen molar-refractivity contribution in [2.24, 2.45) is 11.8 Å². The van der Waals surface area contributed by atoms with E-state index >= 15 is 0 Å². The third kappa shape index (κ3) is 5.55. The van der Waals surface area contributed by atoms with Crippen LogP contribution in [0.15, 0.2) is 24.3 Å². The second-order valence-corrected chi connectivity index (χ2v) is 6.63. The fourth-order valence-corrected chi connectivity index (χ4v) is 2.62. The SMILES string of the molecule is CCCCCNC(=O)C1CC1C(=O)Nc1ccc(OC(C)C)cc1. The second-order valence-electron chi connectivity index (χ2n) is 6.63. The smallest absolute Gasteiger partial charge is 0.228 e. The summed E-state index contributed by atoms with van der Waals surface area (Å²) < 4.78 is 5.57. The number of unbranched alkanes of at least 4 members (excludes halogenated alkanes) is 2. The molecule has 2 unspecified atom stereocenters. The minimum Gasteiger partial charge on any atom is -0.491 e. The first kappa shape index (κ1) is 18.3. The molecule has 2 N–H and O–H groups in total. The predicted octanol–water partition coefficient (Wildman–Crippen LogP) is 3.35. The molecule has 132 valence electrons. The van der Waals surface area contributed by atoms with E-state index in [1.54, 1.807) is 0 Å². The molecule has 2 rings (SSSR count). The lowest BCUT2D eigenvalue weighted by atomic mass is 10.2. The number of benzene rings is 1. The molecular formula is C19H28N2O3. The van der Waals surface area contributed by atoms with Crippen molar-refractivity contribution in [3.63, 3.8) is 0 Å². The summed E-state index contributed by atoms with van der Waals surface area (Å²) in [7, 11) is 0. The van der Waals surface area contributed by atoms with Crippen LogP contribution in [0.4, 0.5) is 5.69 Å². The molecule has 1 saturated carbocycles. The molecule has 0 heterocycles. The molecular weight excluding hydrogens is 304 g/mol. The first-order valence-corrected chi connectivity index (χ1v) is 8.86. The number of carbonyl (C=O) groups excluding carboxylic acids is 2. The van der Waals surface area contributed by atoms with Gasteiger partial charge in [0.05, 0.1) is 17.9 Å². The summed E-state index contributed by atoms with van der Waals surface area (Å²) >= 11 is 0. The summed E-state index contributed by atoms with van der Waals surface area (Å²) in [5.41, 5.74) is 0.727. The van der Waals surface area contributed by atoms with E-state index in [-0.39, 0.29) is 29.8 Å². The molecule has 5 heteroatoms. The highest BCUT2D eigenvalue weighted by molar-refractivity contribution is 5.99. The van der Waals surface area contributed by atoms with Gasteiger partial charge >= 0.3 is 0 Å². The molecule has 0 saturated heterocycles. The van der Waals surface area contributed by atoms with Crippen molar-refractivity contribution in [1.29, 1.82) is 0 Å². The Morgan fingerprint density at radius 3 is 2.42 bits per heavy atom. The molecule has 2 atom stereocenters. The van der Waals surface area contributed by atoms with E-state index in [0.29, 0.717) is 13.0 Å². The Labute approximate surface area is 144 Å². The zero-order valence-electron chi connectivity index (χ0n) is 14.8. The quantitative estimate of drug-likeness (QED) is 0.681. The van der Waals surface area contributed by atoms with Gasteiger partial charge in [0.1, 0.15) is 5.75 Å². The van der Waals surface area contributed by atoms with Gasteiger partial charge in [-0.15, -0.1) is 0 Å². The van der Waals surface area contributed by atoms with Crippen LogP contribution in [0.25, 0.3) is 0 Å². The van der Waals surface area contributed by atoms with E-state index in [1.807, 2.05) is 38.1 Å². The van der Waals surface area contributed by atoms with Crippen LogP contribution in [0, 0.1) is 11.8 Å². The van der Waals surface area contributed by atoms with Gasteiger partial charge in [0.25, 0.3) is 0 Å². The third-order valence-corrected chi connectivity index (χ3v) is 4.04. The maximum atomic E-state index is 12.2. The third-order valence-electron chi connectivity index (χ3n) is 4.04. The van der Waals surface area contributed by atoms with Crippen molar-refractivity contribution in [3.8, 4) is 5.75 Å². The number of amides is 2. The number of hydrogen-bond acceptors (Lipinski definition) is 3. The Morgan fingerprint density at radius 1 is 1.12 bits per heavy atom. The summed E-state index contributed by atoms with van der Waals surface area (Å²) in [5.74, 6) is 0.324. The molecule has 0 radical (unpaired) electrons. The molecule has 2 amide bonds. The molecule has 1 aromatic carbocycles. The number of anilines is 1. The molecule has 5 nitrogen and oxygen atoms in total. The van der Waals surface area contributed by atoms with E-state index in [4.69, 9.17) is 4.74 Å². The van der Waals surface area contributed by atoms with Gasteiger partial charge in [-0.3, -0.25) is 9.59 Å². The molecule has 1 aromatic rings. The van der Waals surface area contributed by atoms with Gasteiger partial charge in [-0.2, -0.15) is 0 Å². The van der Waals surface area contributed by atoms with Gasteiger partial charge in [-0.1, -0.05) is 19.8 Å². The maximum Gasteiger partial charge on any atom is 0.228 e. The van der Waals surface area contributed by atoms with E-state index in [0.717, 1.165) is 30.7 Å². The van der Waals surface area contributed by atoms with E-state index < -0.39 is 0 Å². The minimum absolute atomic E-state index is 0.00642. The van der Waals surface area contributed by atoms with Gasteiger partial charge in [-0.25, -0.2) is 0 Å². The van der Waals surface area contributed by atoms with Crippen LogP contribution in [-0.2, 0) is 9.59 Å². The summed E-state index contributed by atoms with van der Waals surface area (Å²) in [4.78, 5) is 24.2. The van der Waals surface area contributed by atoms with Gasteiger partial charge < -0.3 is 15.4 Å². The Kier molecular flexibility index (Phi) is 6.64. The second kappa shape index (κ2) is 8.71. The van der Waals surface area contributed by atoms with Crippen LogP contribution in [0.3, 0.4) is 0 Å². The number of nitrogens with one attached hydrogen (secondary N) is 2. The highest BCUT2D eigenvalue weighted by Gasteiger charge is 2.47. The summed E-state index contributed by atoms with van der Waals surface area (Å²) in [6.07, 6.45) is 4.00. The van der Waals surface area contributed by atoms with E-state index in [1.165, 1.54) is 0 Å². The molecule has 1 aliphatic rings. The van der Waals surface area contributed by atoms with Crippen molar-refractivity contribution < 1.29 is 14.3 Å². The first-order chi connectivity index (χ1) is 11.5. The minimum atomic E-state index is -0.206. The molecule has 24 heavy (non-hydrogen) atoms. The van der Waals surface area contributed by atoms with Crippen LogP contribution in [0.1, 0.15) is 46.5 Å². The first-order valence-electron chi connectivity index (χ1n) is 8.86. The normalized spacial score (nSPS) is 19.0. The highest BCUT2D eigenvalue weighted by atomic mass is 16.5. The monoisotopic (exact) mass is 332 g/mol. The average Bonchev–Trinajstić information content (AvgIpc) is 3.33. The lowest BCUT2D eigenvalue weighted by Crippen LogP contribution is -2.28. The topological polar surface area (TPSA) is 67.4 Å². The summed E-state index contributed by atoms with van der Waals surface area (Å²) in [6, 6.07) is 7.30. The molecule has 1 fully saturated rings. The van der Waals surface area contributed by atoms with Crippen molar-refractivity contribution in [1.82, 2.24) is 5.32 Å². The van der Waals surface area contributed by atoms with Crippen LogP contribution in [0.2, 0.25) is 0 Å². The Bertz CT molecular complexity index is 554. The molecule has 0 spiro atoms. The lowest BCUT2D eigenvalue weighted by molar-refractivity contribution is -0.125. The number of ether oxygens (including phenoxy) is 1.